The third-order valence-corrected chi connectivity index (χ3v) is 7.70. The van der Waals surface area contributed by atoms with Crippen LogP contribution in [0.2, 0.25) is 0 Å². The van der Waals surface area contributed by atoms with Crippen molar-refractivity contribution in [3.63, 3.8) is 0 Å². The molecule has 0 aliphatic heterocycles. The smallest absolute Gasteiger partial charge is 0.130 e. The highest BCUT2D eigenvalue weighted by molar-refractivity contribution is 5.79. The lowest BCUT2D eigenvalue weighted by Gasteiger charge is -2.34. The van der Waals surface area contributed by atoms with Gasteiger partial charge in [0.05, 0.1) is 22.4 Å². The average Bonchev–Trinajstić information content (AvgIpc) is 3.04. The van der Waals surface area contributed by atoms with Crippen LogP contribution < -0.4 is 9.47 Å². The summed E-state index contributed by atoms with van der Waals surface area (Å²) in [5.41, 5.74) is 5.54. The highest BCUT2D eigenvalue weighted by Gasteiger charge is 2.31. The van der Waals surface area contributed by atoms with Crippen molar-refractivity contribution in [1.29, 1.82) is 0 Å². The number of aromatic nitrogens is 2. The van der Waals surface area contributed by atoms with E-state index < -0.39 is 0 Å². The zero-order valence-corrected chi connectivity index (χ0v) is 23.9. The molecule has 0 amide bonds. The Morgan fingerprint density at radius 3 is 1.43 bits per heavy atom. The van der Waals surface area contributed by atoms with Gasteiger partial charge in [-0.2, -0.15) is 0 Å². The van der Waals surface area contributed by atoms with Gasteiger partial charge in [-0.25, -0.2) is 9.97 Å². The minimum Gasteiger partial charge on any atom is -0.487 e. The molecule has 5 heteroatoms. The molecule has 0 fully saturated rings. The molecule has 2 aromatic heterocycles. The van der Waals surface area contributed by atoms with E-state index in [9.17, 15) is 5.11 Å². The van der Waals surface area contributed by atoms with Gasteiger partial charge < -0.3 is 14.6 Å². The van der Waals surface area contributed by atoms with Gasteiger partial charge in [0.1, 0.15) is 24.7 Å². The lowest BCUT2D eigenvalue weighted by Crippen LogP contribution is -2.27. The van der Waals surface area contributed by atoms with Gasteiger partial charge in [0.2, 0.25) is 0 Å². The Hall–Kier alpha value is -4.74. The normalized spacial score (nSPS) is 11.7. The topological polar surface area (TPSA) is 64.5 Å². The highest BCUT2D eigenvalue weighted by atomic mass is 16.5. The second kappa shape index (κ2) is 12.0. The van der Waals surface area contributed by atoms with Crippen molar-refractivity contribution < 1.29 is 14.6 Å². The predicted molar refractivity (Wildman–Crippen MR) is 168 cm³/mol. The Bertz CT molecular complexity index is 1670. The maximum atomic E-state index is 10.3. The molecule has 0 saturated heterocycles. The van der Waals surface area contributed by atoms with Crippen LogP contribution in [0.3, 0.4) is 0 Å². The number of fused-ring (bicyclic) bond motifs is 2. The van der Waals surface area contributed by atoms with Crippen LogP contribution in [-0.4, -0.2) is 21.7 Å². The van der Waals surface area contributed by atoms with Gasteiger partial charge in [-0.3, -0.25) is 0 Å². The number of nitrogens with zero attached hydrogens (tertiary/aromatic N) is 2. The van der Waals surface area contributed by atoms with Crippen LogP contribution in [0.5, 0.6) is 11.5 Å². The van der Waals surface area contributed by atoms with Crippen LogP contribution in [0, 0.1) is 5.41 Å². The summed E-state index contributed by atoms with van der Waals surface area (Å²) in [5, 5.41) is 12.5. The van der Waals surface area contributed by atoms with Crippen molar-refractivity contribution in [1.82, 2.24) is 9.97 Å². The van der Waals surface area contributed by atoms with Crippen LogP contribution >= 0.6 is 0 Å². The van der Waals surface area contributed by atoms with Crippen LogP contribution in [0.25, 0.3) is 21.8 Å². The number of rotatable bonds is 10. The summed E-state index contributed by atoms with van der Waals surface area (Å²) < 4.78 is 12.1. The quantitative estimate of drug-likeness (QED) is 0.185. The number of para-hydroxylation sites is 2. The Morgan fingerprint density at radius 2 is 1.00 bits per heavy atom. The van der Waals surface area contributed by atoms with E-state index in [1.54, 1.807) is 0 Å². The van der Waals surface area contributed by atoms with Crippen LogP contribution in [-0.2, 0) is 13.2 Å². The van der Waals surface area contributed by atoms with Crippen molar-refractivity contribution >= 4 is 21.8 Å². The fourth-order valence-electron chi connectivity index (χ4n) is 5.39. The van der Waals surface area contributed by atoms with Crippen molar-refractivity contribution in [3.8, 4) is 11.5 Å². The van der Waals surface area contributed by atoms with Gasteiger partial charge in [-0.15, -0.1) is 0 Å². The van der Waals surface area contributed by atoms with E-state index in [1.807, 2.05) is 72.8 Å². The summed E-state index contributed by atoms with van der Waals surface area (Å²) in [4.78, 5) is 9.40. The lowest BCUT2D eigenvalue weighted by molar-refractivity contribution is 0.143. The van der Waals surface area contributed by atoms with Gasteiger partial charge in [0, 0.05) is 23.3 Å². The minimum atomic E-state index is -0.380. The second-order valence-corrected chi connectivity index (χ2v) is 11.3. The maximum absolute atomic E-state index is 10.3. The van der Waals surface area contributed by atoms with Gasteiger partial charge in [0.15, 0.2) is 0 Å². The molecule has 6 rings (SSSR count). The third-order valence-electron chi connectivity index (χ3n) is 7.70. The molecule has 0 unspecified atom stereocenters. The molecule has 4 aromatic carbocycles. The Kier molecular flexibility index (Phi) is 7.85. The standard InChI is InChI=1S/C37H34N2O3/c1-37(2,25-40)36(28-13-19-32(20-14-28)41-23-30-17-11-26-7-3-5-9-34(26)38-30)29-15-21-33(22-16-29)42-24-31-18-12-27-8-4-6-10-35(27)39-31/h3-22,36,40H,23-25H2,1-2H3. The zero-order chi connectivity index (χ0) is 28.9. The number of hydrogen-bond donors (Lipinski definition) is 1. The first-order valence-electron chi connectivity index (χ1n) is 14.2. The van der Waals surface area contributed by atoms with E-state index >= 15 is 0 Å². The molecule has 210 valence electrons. The van der Waals surface area contributed by atoms with Crippen LogP contribution in [0.1, 0.15) is 42.3 Å². The van der Waals surface area contributed by atoms with Crippen molar-refractivity contribution in [2.24, 2.45) is 5.41 Å². The van der Waals surface area contributed by atoms with Gasteiger partial charge in [-0.1, -0.05) is 86.6 Å². The largest absolute Gasteiger partial charge is 0.487 e. The van der Waals surface area contributed by atoms with Gasteiger partial charge in [-0.05, 0) is 65.1 Å². The molecule has 0 saturated carbocycles. The number of ether oxygens (including phenoxy) is 2. The molecule has 0 radical (unpaired) electrons. The van der Waals surface area contributed by atoms with Gasteiger partial charge in [0.25, 0.3) is 0 Å². The third kappa shape index (κ3) is 6.12. The maximum Gasteiger partial charge on any atom is 0.130 e. The molecule has 1 N–H and O–H groups in total. The molecule has 0 aliphatic rings. The van der Waals surface area contributed by atoms with E-state index in [0.29, 0.717) is 13.2 Å². The second-order valence-electron chi connectivity index (χ2n) is 11.3. The zero-order valence-electron chi connectivity index (χ0n) is 23.9. The fourth-order valence-corrected chi connectivity index (χ4v) is 5.39. The van der Waals surface area contributed by atoms with Crippen LogP contribution in [0.15, 0.2) is 121 Å². The summed E-state index contributed by atoms with van der Waals surface area (Å²) in [6.45, 7) is 5.01. The molecule has 0 atom stereocenters. The molecular weight excluding hydrogens is 520 g/mol. The van der Waals surface area contributed by atoms with E-state index in [0.717, 1.165) is 55.8 Å². The monoisotopic (exact) mass is 554 g/mol. The molecule has 6 aromatic rings. The molecular formula is C37H34N2O3. The molecule has 0 aliphatic carbocycles. The lowest BCUT2D eigenvalue weighted by atomic mass is 9.72. The molecule has 0 bridgehead atoms. The van der Waals surface area contributed by atoms with Crippen molar-refractivity contribution in [2.75, 3.05) is 6.61 Å². The van der Waals surface area contributed by atoms with E-state index in [1.165, 1.54) is 0 Å². The SMILES string of the molecule is CC(C)(CO)C(c1ccc(OCc2ccc3ccccc3n2)cc1)c1ccc(OCc2ccc3ccccc3n2)cc1. The van der Waals surface area contributed by atoms with E-state index in [-0.39, 0.29) is 17.9 Å². The first kappa shape index (κ1) is 27.4. The fraction of sp³-hybridized carbons (Fsp3) is 0.189. The minimum absolute atomic E-state index is 0.0186. The van der Waals surface area contributed by atoms with Gasteiger partial charge >= 0.3 is 0 Å². The summed E-state index contributed by atoms with van der Waals surface area (Å²) in [6.07, 6.45) is 0. The molecule has 0 spiro atoms. The Morgan fingerprint density at radius 1 is 0.571 bits per heavy atom. The van der Waals surface area contributed by atoms with E-state index in [2.05, 4.69) is 62.4 Å². The Labute approximate surface area is 246 Å². The van der Waals surface area contributed by atoms with Crippen molar-refractivity contribution in [2.45, 2.75) is 33.0 Å². The summed E-state index contributed by atoms with van der Waals surface area (Å²) in [5.74, 6) is 1.54. The summed E-state index contributed by atoms with van der Waals surface area (Å²) >= 11 is 0. The summed E-state index contributed by atoms with van der Waals surface area (Å²) in [6, 6.07) is 40.6. The number of benzene rings is 4. The number of aliphatic hydroxyl groups excluding tert-OH is 1. The summed E-state index contributed by atoms with van der Waals surface area (Å²) in [7, 11) is 0. The number of hydrogen-bond acceptors (Lipinski definition) is 5. The van der Waals surface area contributed by atoms with Crippen molar-refractivity contribution in [3.05, 3.63) is 144 Å². The predicted octanol–water partition coefficient (Wildman–Crippen LogP) is 8.09. The molecule has 5 nitrogen and oxygen atoms in total. The highest BCUT2D eigenvalue weighted by Crippen LogP contribution is 2.41. The van der Waals surface area contributed by atoms with Crippen LogP contribution in [0.4, 0.5) is 0 Å². The number of aliphatic hydroxyl groups is 1. The molecule has 42 heavy (non-hydrogen) atoms. The first-order valence-corrected chi connectivity index (χ1v) is 14.2. The molecule has 2 heterocycles. The number of pyridine rings is 2. The average molecular weight is 555 g/mol. The Balaban J connectivity index is 1.14. The first-order chi connectivity index (χ1) is 20.5. The van der Waals surface area contributed by atoms with E-state index in [4.69, 9.17) is 19.4 Å².